The van der Waals surface area contributed by atoms with Crippen LogP contribution in [0.5, 0.6) is 0 Å². The van der Waals surface area contributed by atoms with Crippen molar-refractivity contribution in [2.45, 2.75) is 0 Å². The minimum absolute atomic E-state index is 0.301. The summed E-state index contributed by atoms with van der Waals surface area (Å²) in [5, 5.41) is 3.15. The Hall–Kier alpha value is -2.05. The van der Waals surface area contributed by atoms with Gasteiger partial charge in [0.05, 0.1) is 17.1 Å². The first kappa shape index (κ1) is 15.8. The summed E-state index contributed by atoms with van der Waals surface area (Å²) in [4.78, 5) is 25.3. The van der Waals surface area contributed by atoms with E-state index >= 15 is 0 Å². The summed E-state index contributed by atoms with van der Waals surface area (Å²) in [6.07, 6.45) is -0.359. The van der Waals surface area contributed by atoms with Gasteiger partial charge in [0.2, 0.25) is 0 Å². The van der Waals surface area contributed by atoms with Crippen molar-refractivity contribution in [2.75, 3.05) is 23.4 Å². The quantitative estimate of drug-likeness (QED) is 0.842. The third kappa shape index (κ3) is 3.48. The van der Waals surface area contributed by atoms with Gasteiger partial charge >= 0.3 is 6.09 Å². The molecule has 1 heterocycles. The lowest BCUT2D eigenvalue weighted by Crippen LogP contribution is -2.23. The molecule has 3 rings (SSSR count). The highest BCUT2D eigenvalue weighted by atomic mass is 79.9. The van der Waals surface area contributed by atoms with Gasteiger partial charge in [-0.05, 0) is 42.5 Å². The van der Waals surface area contributed by atoms with Crippen LogP contribution in [0, 0.1) is 0 Å². The van der Waals surface area contributed by atoms with E-state index in [4.69, 9.17) is 16.3 Å². The summed E-state index contributed by atoms with van der Waals surface area (Å²) >= 11 is 9.36. The smallest absolute Gasteiger partial charge is 0.414 e. The number of ether oxygens (including phenoxy) is 1. The second-order valence-corrected chi connectivity index (χ2v) is 6.21. The Balaban J connectivity index is 1.74. The Bertz CT molecular complexity index is 764. The summed E-state index contributed by atoms with van der Waals surface area (Å²) in [6.45, 7) is 0.914. The normalized spacial score (nSPS) is 13.8. The lowest BCUT2D eigenvalue weighted by molar-refractivity contribution is 0.102. The third-order valence-electron chi connectivity index (χ3n) is 3.37. The van der Waals surface area contributed by atoms with Crippen LogP contribution in [0.25, 0.3) is 0 Å². The number of hydrogen-bond acceptors (Lipinski definition) is 3. The molecule has 2 aromatic carbocycles. The number of halogens is 2. The Morgan fingerprint density at radius 1 is 1.22 bits per heavy atom. The molecule has 0 spiro atoms. The van der Waals surface area contributed by atoms with Crippen molar-refractivity contribution in [3.05, 3.63) is 57.5 Å². The van der Waals surface area contributed by atoms with Crippen molar-refractivity contribution in [1.29, 1.82) is 0 Å². The first-order valence-electron chi connectivity index (χ1n) is 6.85. The van der Waals surface area contributed by atoms with Crippen LogP contribution in [0.15, 0.2) is 46.9 Å². The molecule has 0 atom stereocenters. The van der Waals surface area contributed by atoms with Crippen LogP contribution in [-0.4, -0.2) is 25.2 Å². The first-order chi connectivity index (χ1) is 11.0. The van der Waals surface area contributed by atoms with Crippen LogP contribution in [0.2, 0.25) is 5.02 Å². The molecule has 0 unspecified atom stereocenters. The molecule has 7 heteroatoms. The highest BCUT2D eigenvalue weighted by Gasteiger charge is 2.23. The standard InChI is InChI=1S/C16H12BrClN2O3/c17-10-1-6-14(18)13(9-10)15(21)19-11-2-4-12(5-3-11)20-7-8-23-16(20)22/h1-6,9H,7-8H2,(H,19,21). The average Bonchev–Trinajstić information content (AvgIpc) is 2.96. The number of benzene rings is 2. The van der Waals surface area contributed by atoms with Crippen LogP contribution in [0.1, 0.15) is 10.4 Å². The van der Waals surface area contributed by atoms with Crippen molar-refractivity contribution in [3.63, 3.8) is 0 Å². The molecule has 1 aliphatic rings. The second-order valence-electron chi connectivity index (χ2n) is 4.89. The van der Waals surface area contributed by atoms with E-state index in [1.165, 1.54) is 4.90 Å². The summed E-state index contributed by atoms with van der Waals surface area (Å²) < 4.78 is 5.67. The fourth-order valence-corrected chi connectivity index (χ4v) is 2.79. The number of cyclic esters (lactones) is 1. The SMILES string of the molecule is O=C(Nc1ccc(N2CCOC2=O)cc1)c1cc(Br)ccc1Cl. The molecule has 5 nitrogen and oxygen atoms in total. The van der Waals surface area contributed by atoms with E-state index in [-0.39, 0.29) is 12.0 Å². The molecule has 0 bridgehead atoms. The molecular weight excluding hydrogens is 384 g/mol. The van der Waals surface area contributed by atoms with E-state index < -0.39 is 0 Å². The zero-order chi connectivity index (χ0) is 16.4. The van der Waals surface area contributed by atoms with E-state index in [0.29, 0.717) is 29.4 Å². The molecule has 118 valence electrons. The number of nitrogens with zero attached hydrogens (tertiary/aromatic N) is 1. The van der Waals surface area contributed by atoms with Gasteiger partial charge in [0.1, 0.15) is 6.61 Å². The van der Waals surface area contributed by atoms with Gasteiger partial charge in [-0.15, -0.1) is 0 Å². The summed E-state index contributed by atoms with van der Waals surface area (Å²) in [6, 6.07) is 12.0. The number of carbonyl (C=O) groups excluding carboxylic acids is 2. The van der Waals surface area contributed by atoms with Gasteiger partial charge in [-0.2, -0.15) is 0 Å². The monoisotopic (exact) mass is 394 g/mol. The molecule has 1 N–H and O–H groups in total. The van der Waals surface area contributed by atoms with Crippen molar-refractivity contribution < 1.29 is 14.3 Å². The number of amides is 2. The van der Waals surface area contributed by atoms with E-state index in [1.54, 1.807) is 42.5 Å². The van der Waals surface area contributed by atoms with Gasteiger partial charge in [-0.3, -0.25) is 9.69 Å². The van der Waals surface area contributed by atoms with Crippen molar-refractivity contribution in [3.8, 4) is 0 Å². The van der Waals surface area contributed by atoms with Crippen molar-refractivity contribution in [2.24, 2.45) is 0 Å². The van der Waals surface area contributed by atoms with Crippen LogP contribution in [0.4, 0.5) is 16.2 Å². The van der Waals surface area contributed by atoms with Crippen LogP contribution in [-0.2, 0) is 4.74 Å². The van der Waals surface area contributed by atoms with E-state index in [0.717, 1.165) is 10.2 Å². The second kappa shape index (κ2) is 6.60. The third-order valence-corrected chi connectivity index (χ3v) is 4.19. The molecule has 1 saturated heterocycles. The summed E-state index contributed by atoms with van der Waals surface area (Å²) in [5.74, 6) is -0.301. The fourth-order valence-electron chi connectivity index (χ4n) is 2.22. The average molecular weight is 396 g/mol. The number of carbonyl (C=O) groups is 2. The molecule has 0 radical (unpaired) electrons. The van der Waals surface area contributed by atoms with Crippen molar-refractivity contribution in [1.82, 2.24) is 0 Å². The van der Waals surface area contributed by atoms with Gasteiger partial charge in [-0.25, -0.2) is 4.79 Å². The van der Waals surface area contributed by atoms with E-state index in [9.17, 15) is 9.59 Å². The topological polar surface area (TPSA) is 58.6 Å². The minimum atomic E-state index is -0.359. The zero-order valence-corrected chi connectivity index (χ0v) is 14.2. The predicted octanol–water partition coefficient (Wildman–Crippen LogP) is 4.31. The summed E-state index contributed by atoms with van der Waals surface area (Å²) in [5.41, 5.74) is 1.72. The molecule has 0 aliphatic carbocycles. The molecular formula is C16H12BrClN2O3. The largest absolute Gasteiger partial charge is 0.447 e. The van der Waals surface area contributed by atoms with Gasteiger partial charge < -0.3 is 10.1 Å². The molecule has 1 fully saturated rings. The lowest BCUT2D eigenvalue weighted by Gasteiger charge is -2.13. The zero-order valence-electron chi connectivity index (χ0n) is 11.9. The predicted molar refractivity (Wildman–Crippen MR) is 92.2 cm³/mol. The molecule has 0 aromatic heterocycles. The highest BCUT2D eigenvalue weighted by Crippen LogP contribution is 2.24. The fraction of sp³-hybridized carbons (Fsp3) is 0.125. The molecule has 0 saturated carbocycles. The number of hydrogen-bond donors (Lipinski definition) is 1. The van der Waals surface area contributed by atoms with Gasteiger partial charge in [0.15, 0.2) is 0 Å². The molecule has 2 aromatic rings. The van der Waals surface area contributed by atoms with Crippen LogP contribution < -0.4 is 10.2 Å². The maximum Gasteiger partial charge on any atom is 0.414 e. The van der Waals surface area contributed by atoms with Crippen LogP contribution >= 0.6 is 27.5 Å². The number of anilines is 2. The van der Waals surface area contributed by atoms with Crippen LogP contribution in [0.3, 0.4) is 0 Å². The minimum Gasteiger partial charge on any atom is -0.447 e. The van der Waals surface area contributed by atoms with E-state index in [1.807, 2.05) is 0 Å². The first-order valence-corrected chi connectivity index (χ1v) is 8.02. The Morgan fingerprint density at radius 3 is 2.61 bits per heavy atom. The number of rotatable bonds is 3. The summed E-state index contributed by atoms with van der Waals surface area (Å²) in [7, 11) is 0. The molecule has 1 aliphatic heterocycles. The van der Waals surface area contributed by atoms with E-state index in [2.05, 4.69) is 21.2 Å². The molecule has 23 heavy (non-hydrogen) atoms. The van der Waals surface area contributed by atoms with Crippen molar-refractivity contribution >= 4 is 50.9 Å². The van der Waals surface area contributed by atoms with Gasteiger partial charge in [-0.1, -0.05) is 27.5 Å². The maximum absolute atomic E-state index is 12.3. The Morgan fingerprint density at radius 2 is 1.96 bits per heavy atom. The van der Waals surface area contributed by atoms with Gasteiger partial charge in [0.25, 0.3) is 5.91 Å². The van der Waals surface area contributed by atoms with Gasteiger partial charge in [0, 0.05) is 15.8 Å². The number of nitrogens with one attached hydrogen (secondary N) is 1. The maximum atomic E-state index is 12.3. The Labute approximate surface area is 146 Å². The highest BCUT2D eigenvalue weighted by molar-refractivity contribution is 9.10. The lowest BCUT2D eigenvalue weighted by atomic mass is 10.2. The Kier molecular flexibility index (Phi) is 4.54. The molecule has 2 amide bonds.